The number of rotatable bonds is 3. The third-order valence-corrected chi connectivity index (χ3v) is 5.01. The molecule has 0 bridgehead atoms. The van der Waals surface area contributed by atoms with Gasteiger partial charge < -0.3 is 5.32 Å². The zero-order valence-corrected chi connectivity index (χ0v) is 12.2. The minimum atomic E-state index is 0.582. The average molecular weight is 294 g/mol. The van der Waals surface area contributed by atoms with Gasteiger partial charge in [0.05, 0.1) is 0 Å². The number of halogens is 1. The highest BCUT2D eigenvalue weighted by Gasteiger charge is 2.45. The fourth-order valence-corrected chi connectivity index (χ4v) is 3.37. The van der Waals surface area contributed by atoms with Gasteiger partial charge >= 0.3 is 0 Å². The Bertz CT molecular complexity index is 439. The van der Waals surface area contributed by atoms with Gasteiger partial charge in [-0.3, -0.25) is 0 Å². The average Bonchev–Trinajstić information content (AvgIpc) is 2.71. The van der Waals surface area contributed by atoms with Crippen LogP contribution >= 0.6 is 15.9 Å². The highest BCUT2D eigenvalue weighted by molar-refractivity contribution is 9.10. The zero-order valence-electron chi connectivity index (χ0n) is 10.6. The van der Waals surface area contributed by atoms with E-state index < -0.39 is 0 Å². The predicted molar refractivity (Wildman–Crippen MR) is 75.1 cm³/mol. The van der Waals surface area contributed by atoms with Crippen molar-refractivity contribution in [1.29, 1.82) is 0 Å². The van der Waals surface area contributed by atoms with Gasteiger partial charge in [-0.05, 0) is 60.4 Å². The van der Waals surface area contributed by atoms with Gasteiger partial charge in [0, 0.05) is 10.5 Å². The molecule has 1 aromatic carbocycles. The van der Waals surface area contributed by atoms with Crippen molar-refractivity contribution in [3.63, 3.8) is 0 Å². The summed E-state index contributed by atoms with van der Waals surface area (Å²) in [6, 6.07) is 7.30. The molecule has 17 heavy (non-hydrogen) atoms. The molecule has 2 unspecified atom stereocenters. The summed E-state index contributed by atoms with van der Waals surface area (Å²) >= 11 is 3.58. The molecule has 1 N–H and O–H groups in total. The lowest BCUT2D eigenvalue weighted by Gasteiger charge is -2.15. The van der Waals surface area contributed by atoms with Crippen molar-refractivity contribution < 1.29 is 0 Å². The van der Waals surface area contributed by atoms with E-state index in [9.17, 15) is 0 Å². The number of nitrogens with one attached hydrogen (secondary N) is 1. The molecular formula is C15H20BrN. The van der Waals surface area contributed by atoms with Crippen LogP contribution in [0.25, 0.3) is 0 Å². The molecule has 0 aliphatic heterocycles. The van der Waals surface area contributed by atoms with E-state index in [1.807, 2.05) is 0 Å². The smallest absolute Gasteiger partial charge is 0.0326 e. The van der Waals surface area contributed by atoms with Gasteiger partial charge in [-0.1, -0.05) is 35.8 Å². The van der Waals surface area contributed by atoms with Gasteiger partial charge in [-0.2, -0.15) is 0 Å². The summed E-state index contributed by atoms with van der Waals surface area (Å²) in [4.78, 5) is 0. The first-order valence-corrected chi connectivity index (χ1v) is 7.37. The van der Waals surface area contributed by atoms with E-state index in [0.29, 0.717) is 11.5 Å². The van der Waals surface area contributed by atoms with E-state index in [-0.39, 0.29) is 0 Å². The number of fused-ring (bicyclic) bond motifs is 1. The van der Waals surface area contributed by atoms with E-state index in [0.717, 1.165) is 5.92 Å². The van der Waals surface area contributed by atoms with Crippen LogP contribution in [0.15, 0.2) is 22.7 Å². The molecule has 2 aliphatic rings. The van der Waals surface area contributed by atoms with Crippen molar-refractivity contribution in [2.75, 3.05) is 6.54 Å². The van der Waals surface area contributed by atoms with Gasteiger partial charge in [0.15, 0.2) is 0 Å². The molecule has 1 saturated carbocycles. The molecule has 2 aliphatic carbocycles. The van der Waals surface area contributed by atoms with Crippen molar-refractivity contribution in [2.45, 2.75) is 39.2 Å². The molecule has 2 heteroatoms. The van der Waals surface area contributed by atoms with Crippen molar-refractivity contribution >= 4 is 15.9 Å². The molecule has 2 atom stereocenters. The Morgan fingerprint density at radius 2 is 2.18 bits per heavy atom. The summed E-state index contributed by atoms with van der Waals surface area (Å²) < 4.78 is 1.21. The van der Waals surface area contributed by atoms with E-state index in [4.69, 9.17) is 0 Å². The summed E-state index contributed by atoms with van der Waals surface area (Å²) in [5.41, 5.74) is 3.63. The molecule has 0 heterocycles. The molecular weight excluding hydrogens is 274 g/mol. The Morgan fingerprint density at radius 1 is 1.41 bits per heavy atom. The number of hydrogen-bond acceptors (Lipinski definition) is 1. The van der Waals surface area contributed by atoms with Gasteiger partial charge in [-0.25, -0.2) is 0 Å². The number of hydrogen-bond donors (Lipinski definition) is 1. The van der Waals surface area contributed by atoms with Gasteiger partial charge in [0.25, 0.3) is 0 Å². The van der Waals surface area contributed by atoms with Gasteiger partial charge in [-0.15, -0.1) is 0 Å². The Morgan fingerprint density at radius 3 is 2.88 bits per heavy atom. The maximum Gasteiger partial charge on any atom is 0.0326 e. The monoisotopic (exact) mass is 293 g/mol. The number of aryl methyl sites for hydroxylation is 1. The van der Waals surface area contributed by atoms with Crippen molar-refractivity contribution in [3.8, 4) is 0 Å². The maximum absolute atomic E-state index is 3.76. The van der Waals surface area contributed by atoms with Crippen LogP contribution in [0.4, 0.5) is 0 Å². The minimum Gasteiger partial charge on any atom is -0.310 e. The largest absolute Gasteiger partial charge is 0.310 e. The van der Waals surface area contributed by atoms with Crippen LogP contribution in [-0.4, -0.2) is 6.54 Å². The molecule has 1 aromatic rings. The summed E-state index contributed by atoms with van der Waals surface area (Å²) in [7, 11) is 0. The Kier molecular flexibility index (Phi) is 2.83. The molecule has 0 aromatic heterocycles. The second-order valence-corrected chi connectivity index (χ2v) is 7.15. The first-order valence-electron chi connectivity index (χ1n) is 6.58. The minimum absolute atomic E-state index is 0.582. The number of benzene rings is 1. The van der Waals surface area contributed by atoms with Crippen LogP contribution in [0.1, 0.15) is 43.9 Å². The van der Waals surface area contributed by atoms with E-state index in [1.165, 1.54) is 41.4 Å². The predicted octanol–water partition coefficient (Wildman–Crippen LogP) is 4.07. The molecule has 3 rings (SSSR count). The molecule has 0 radical (unpaired) electrons. The van der Waals surface area contributed by atoms with E-state index in [2.05, 4.69) is 53.3 Å². The Hall–Kier alpha value is -0.340. The van der Waals surface area contributed by atoms with Crippen molar-refractivity contribution in [2.24, 2.45) is 11.3 Å². The molecule has 1 fully saturated rings. The summed E-state index contributed by atoms with van der Waals surface area (Å²) in [6.07, 6.45) is 3.88. The zero-order chi connectivity index (χ0) is 12.0. The van der Waals surface area contributed by atoms with Crippen molar-refractivity contribution in [1.82, 2.24) is 5.32 Å². The van der Waals surface area contributed by atoms with Gasteiger partial charge in [0.2, 0.25) is 0 Å². The lowest BCUT2D eigenvalue weighted by molar-refractivity contribution is 0.466. The highest BCUT2D eigenvalue weighted by atomic mass is 79.9. The van der Waals surface area contributed by atoms with Crippen LogP contribution < -0.4 is 5.32 Å². The third kappa shape index (κ3) is 2.30. The third-order valence-electron chi connectivity index (χ3n) is 4.51. The van der Waals surface area contributed by atoms with Gasteiger partial charge in [0.1, 0.15) is 0 Å². The fourth-order valence-electron chi connectivity index (χ4n) is 2.99. The second-order valence-electron chi connectivity index (χ2n) is 6.23. The summed E-state index contributed by atoms with van der Waals surface area (Å²) in [6.45, 7) is 5.93. The first kappa shape index (κ1) is 11.7. The fraction of sp³-hybridized carbons (Fsp3) is 0.600. The topological polar surface area (TPSA) is 12.0 Å². The molecule has 92 valence electrons. The molecule has 0 saturated heterocycles. The summed E-state index contributed by atoms with van der Waals surface area (Å²) in [5, 5.41) is 3.76. The second kappa shape index (κ2) is 4.10. The van der Waals surface area contributed by atoms with Crippen LogP contribution in [-0.2, 0) is 6.42 Å². The lowest BCUT2D eigenvalue weighted by atomic mass is 10.1. The van der Waals surface area contributed by atoms with Crippen LogP contribution in [0.3, 0.4) is 0 Å². The SMILES string of the molecule is CC1(C)CC1CNC1CCc2ccc(Br)cc21. The summed E-state index contributed by atoms with van der Waals surface area (Å²) in [5.74, 6) is 0.888. The quantitative estimate of drug-likeness (QED) is 0.886. The first-order chi connectivity index (χ1) is 8.06. The standard InChI is InChI=1S/C15H20BrN/c1-15(2)8-11(15)9-17-14-6-4-10-3-5-12(16)7-13(10)14/h3,5,7,11,14,17H,4,6,8-9H2,1-2H3. The van der Waals surface area contributed by atoms with Crippen molar-refractivity contribution in [3.05, 3.63) is 33.8 Å². The molecule has 0 spiro atoms. The molecule has 0 amide bonds. The van der Waals surface area contributed by atoms with E-state index >= 15 is 0 Å². The van der Waals surface area contributed by atoms with E-state index in [1.54, 1.807) is 0 Å². The highest BCUT2D eigenvalue weighted by Crippen LogP contribution is 2.51. The molecule has 1 nitrogen and oxygen atoms in total. The van der Waals surface area contributed by atoms with Crippen LogP contribution in [0, 0.1) is 11.3 Å². The lowest BCUT2D eigenvalue weighted by Crippen LogP contribution is -2.22. The normalized spacial score (nSPS) is 29.1. The maximum atomic E-state index is 3.76. The Balaban J connectivity index is 1.65. The van der Waals surface area contributed by atoms with Crippen LogP contribution in [0.2, 0.25) is 0 Å². The van der Waals surface area contributed by atoms with Crippen LogP contribution in [0.5, 0.6) is 0 Å². The Labute approximate surface area is 112 Å².